The number of hydrogen-bond donors (Lipinski definition) is 0. The summed E-state index contributed by atoms with van der Waals surface area (Å²) in [6.07, 6.45) is 1.67. The Bertz CT molecular complexity index is 839. The molecule has 24 heavy (non-hydrogen) atoms. The molecule has 0 unspecified atom stereocenters. The molecular formula is C16H10BrClN4O2. The van der Waals surface area contributed by atoms with Crippen LogP contribution < -0.4 is 0 Å². The number of carbonyl (C=O) groups is 2. The first-order chi connectivity index (χ1) is 11.5. The lowest BCUT2D eigenvalue weighted by Crippen LogP contribution is -2.01. The highest BCUT2D eigenvalue weighted by Gasteiger charge is 2.09. The van der Waals surface area contributed by atoms with E-state index in [0.717, 1.165) is 16.9 Å². The summed E-state index contributed by atoms with van der Waals surface area (Å²) in [5, 5.41) is 0.349. The van der Waals surface area contributed by atoms with E-state index in [2.05, 4.69) is 25.5 Å². The first-order valence-electron chi connectivity index (χ1n) is 6.43. The first-order valence-corrected chi connectivity index (χ1v) is 7.60. The van der Waals surface area contributed by atoms with E-state index in [1.807, 2.05) is 0 Å². The minimum atomic E-state index is -0.414. The van der Waals surface area contributed by atoms with Gasteiger partial charge in [0.1, 0.15) is 0 Å². The molecule has 0 aliphatic carbocycles. The Hall–Kier alpha value is -2.69. The highest BCUT2D eigenvalue weighted by molar-refractivity contribution is 9.10. The van der Waals surface area contributed by atoms with Gasteiger partial charge in [-0.3, -0.25) is 9.59 Å². The van der Waals surface area contributed by atoms with E-state index >= 15 is 0 Å². The van der Waals surface area contributed by atoms with Crippen LogP contribution in [0.2, 0.25) is 5.02 Å². The summed E-state index contributed by atoms with van der Waals surface area (Å²) in [7, 11) is 0. The molecular weight excluding hydrogens is 396 g/mol. The molecule has 0 saturated heterocycles. The third-order valence-electron chi connectivity index (χ3n) is 2.62. The van der Waals surface area contributed by atoms with E-state index < -0.39 is 5.78 Å². The molecule has 0 bridgehead atoms. The van der Waals surface area contributed by atoms with Gasteiger partial charge >= 0.3 is 12.4 Å². The predicted octanol–water partition coefficient (Wildman–Crippen LogP) is 3.76. The van der Waals surface area contributed by atoms with Crippen molar-refractivity contribution < 1.29 is 19.2 Å². The van der Waals surface area contributed by atoms with Crippen LogP contribution in [0.4, 0.5) is 0 Å². The van der Waals surface area contributed by atoms with Crippen molar-refractivity contribution in [3.05, 3.63) is 80.2 Å². The van der Waals surface area contributed by atoms with Gasteiger partial charge in [0.15, 0.2) is 0 Å². The Kier molecular flexibility index (Phi) is 8.19. The third kappa shape index (κ3) is 6.20. The lowest BCUT2D eigenvalue weighted by Gasteiger charge is -1.93. The van der Waals surface area contributed by atoms with E-state index in [0.29, 0.717) is 16.1 Å². The molecule has 0 amide bonds. The lowest BCUT2D eigenvalue weighted by atomic mass is 10.1. The molecule has 0 heterocycles. The number of carbonyl (C=O) groups excluding carboxylic acids is 2. The normalized spacial score (nSPS) is 8.75. The van der Waals surface area contributed by atoms with Crippen molar-refractivity contribution in [3.63, 3.8) is 0 Å². The molecule has 6 nitrogen and oxygen atoms in total. The van der Waals surface area contributed by atoms with Gasteiger partial charge in [0.25, 0.3) is 11.6 Å². The average Bonchev–Trinajstić information content (AvgIpc) is 2.57. The smallest absolute Gasteiger partial charge is 0.328 e. The number of hydrogen-bond acceptors (Lipinski definition) is 2. The molecule has 2 rings (SSSR count). The van der Waals surface area contributed by atoms with E-state index in [4.69, 9.17) is 22.7 Å². The maximum absolute atomic E-state index is 11.1. The Morgan fingerprint density at radius 1 is 0.917 bits per heavy atom. The van der Waals surface area contributed by atoms with Crippen molar-refractivity contribution in [2.24, 2.45) is 0 Å². The molecule has 0 saturated carbocycles. The minimum Gasteiger partial charge on any atom is -0.361 e. The van der Waals surface area contributed by atoms with Crippen LogP contribution in [0.15, 0.2) is 53.0 Å². The maximum atomic E-state index is 11.1. The van der Waals surface area contributed by atoms with Crippen molar-refractivity contribution in [3.8, 4) is 0 Å². The van der Waals surface area contributed by atoms with E-state index in [1.165, 1.54) is 0 Å². The predicted molar refractivity (Wildman–Crippen MR) is 93.6 cm³/mol. The molecule has 0 aliphatic heterocycles. The Balaban J connectivity index is 0.000000240. The fourth-order valence-electron chi connectivity index (χ4n) is 1.52. The number of benzene rings is 2. The highest BCUT2D eigenvalue weighted by atomic mass is 79.9. The van der Waals surface area contributed by atoms with Gasteiger partial charge in [-0.15, -0.1) is 0 Å². The van der Waals surface area contributed by atoms with Gasteiger partial charge in [-0.05, 0) is 36.4 Å². The molecule has 0 aliphatic rings. The maximum Gasteiger partial charge on any atom is 0.328 e. The van der Waals surface area contributed by atoms with Gasteiger partial charge in [0, 0.05) is 15.6 Å². The fourth-order valence-corrected chi connectivity index (χ4v) is 2.02. The topological polar surface area (TPSA) is 107 Å². The van der Waals surface area contributed by atoms with Crippen molar-refractivity contribution >= 4 is 51.5 Å². The average molecular weight is 406 g/mol. The van der Waals surface area contributed by atoms with Gasteiger partial charge in [-0.2, -0.15) is 9.58 Å². The molecule has 0 spiro atoms. The molecule has 2 aromatic carbocycles. The molecule has 2 aromatic rings. The summed E-state index contributed by atoms with van der Waals surface area (Å²) < 4.78 is 0.903. The van der Waals surface area contributed by atoms with Crippen LogP contribution in [0.1, 0.15) is 20.7 Å². The highest BCUT2D eigenvalue weighted by Crippen LogP contribution is 2.14. The van der Waals surface area contributed by atoms with Crippen LogP contribution in [0.25, 0.3) is 11.1 Å². The van der Waals surface area contributed by atoms with E-state index in [9.17, 15) is 9.59 Å². The Morgan fingerprint density at radius 2 is 1.46 bits per heavy atom. The zero-order valence-corrected chi connectivity index (χ0v) is 14.5. The van der Waals surface area contributed by atoms with Gasteiger partial charge in [-0.1, -0.05) is 39.7 Å². The largest absolute Gasteiger partial charge is 0.361 e. The summed E-state index contributed by atoms with van der Waals surface area (Å²) >= 11 is 8.93. The first kappa shape index (κ1) is 19.4. The van der Waals surface area contributed by atoms with Crippen LogP contribution in [-0.4, -0.2) is 33.6 Å². The zero-order chi connectivity index (χ0) is 17.9. The number of halogens is 2. The monoisotopic (exact) mass is 404 g/mol. The molecule has 8 heteroatoms. The van der Waals surface area contributed by atoms with Gasteiger partial charge in [0.05, 0.1) is 5.02 Å². The standard InChI is InChI=1S/C8H5BrN2O.C8H5ClN2O/c9-7-3-1-6(2-4-7)8(12)5-11-10;9-7-4-2-1-3-6(7)8(12)5-11-10/h2*1-5H. The number of ketones is 2. The quantitative estimate of drug-likeness (QED) is 0.334. The summed E-state index contributed by atoms with van der Waals surface area (Å²) in [6.45, 7) is 0. The van der Waals surface area contributed by atoms with Crippen LogP contribution >= 0.6 is 27.5 Å². The van der Waals surface area contributed by atoms with Crippen molar-refractivity contribution in [1.29, 1.82) is 0 Å². The summed E-state index contributed by atoms with van der Waals surface area (Å²) in [4.78, 5) is 27.4. The van der Waals surface area contributed by atoms with Crippen LogP contribution in [0, 0.1) is 0 Å². The molecule has 0 N–H and O–H groups in total. The number of rotatable bonds is 4. The van der Waals surface area contributed by atoms with Gasteiger partial charge in [0.2, 0.25) is 0 Å². The minimum absolute atomic E-state index is 0.315. The van der Waals surface area contributed by atoms with Crippen LogP contribution in [0.5, 0.6) is 0 Å². The molecule has 0 radical (unpaired) electrons. The third-order valence-corrected chi connectivity index (χ3v) is 3.48. The Labute approximate surface area is 151 Å². The van der Waals surface area contributed by atoms with Crippen LogP contribution in [-0.2, 0) is 0 Å². The molecule has 120 valence electrons. The number of nitrogens with zero attached hydrogens (tertiary/aromatic N) is 4. The summed E-state index contributed by atoms with van der Waals surface area (Å²) in [5.74, 6) is -0.729. The second kappa shape index (κ2) is 10.2. The fraction of sp³-hybridized carbons (Fsp3) is 0. The van der Waals surface area contributed by atoms with Gasteiger partial charge < -0.3 is 11.1 Å². The summed E-state index contributed by atoms with van der Waals surface area (Å²) in [5.41, 5.74) is 17.0. The number of Topliss-reactive ketones (excluding diaryl/α,β-unsaturated/α-hetero) is 2. The van der Waals surface area contributed by atoms with Gasteiger partial charge in [-0.25, -0.2) is 0 Å². The Morgan fingerprint density at radius 3 is 2.00 bits per heavy atom. The van der Waals surface area contributed by atoms with E-state index in [1.54, 1.807) is 48.5 Å². The zero-order valence-electron chi connectivity index (χ0n) is 12.1. The van der Waals surface area contributed by atoms with E-state index in [-0.39, 0.29) is 5.78 Å². The second-order valence-electron chi connectivity index (χ2n) is 4.20. The second-order valence-corrected chi connectivity index (χ2v) is 5.53. The van der Waals surface area contributed by atoms with Crippen molar-refractivity contribution in [2.45, 2.75) is 0 Å². The van der Waals surface area contributed by atoms with Crippen molar-refractivity contribution in [2.75, 3.05) is 0 Å². The SMILES string of the molecule is [N-]=[N+]=CC(=O)c1ccc(Br)cc1.[N-]=[N+]=CC(=O)c1ccccc1Cl. The molecule has 0 aromatic heterocycles. The molecule has 0 fully saturated rings. The van der Waals surface area contributed by atoms with Crippen LogP contribution in [0.3, 0.4) is 0 Å². The lowest BCUT2D eigenvalue weighted by molar-refractivity contribution is 0.00214. The molecule has 0 atom stereocenters. The summed E-state index contributed by atoms with van der Waals surface area (Å²) in [6, 6.07) is 13.4. The van der Waals surface area contributed by atoms with Crippen molar-refractivity contribution in [1.82, 2.24) is 0 Å².